The molecule has 0 bridgehead atoms. The summed E-state index contributed by atoms with van der Waals surface area (Å²) in [6.45, 7) is 8.12. The standard InChI is InChI=1S/C7H6.C2H4/c1-5-2-6-4-7(6)3-5;1-2/h2-4H,1H3;1-2H2. The molecule has 2 aliphatic carbocycles. The SMILES string of the molecule is C=C.Cc1cc2cc-2c1. The maximum atomic E-state index is 3.00. The lowest BCUT2D eigenvalue weighted by molar-refractivity contribution is 1.55. The van der Waals surface area contributed by atoms with Crippen molar-refractivity contribution < 1.29 is 0 Å². The van der Waals surface area contributed by atoms with Gasteiger partial charge < -0.3 is 0 Å². The summed E-state index contributed by atoms with van der Waals surface area (Å²) in [7, 11) is 0. The van der Waals surface area contributed by atoms with Gasteiger partial charge in [0, 0.05) is 0 Å². The van der Waals surface area contributed by atoms with Crippen LogP contribution in [-0.2, 0) is 0 Å². The lowest BCUT2D eigenvalue weighted by Crippen LogP contribution is -1.50. The molecule has 0 saturated carbocycles. The van der Waals surface area contributed by atoms with E-state index in [1.807, 2.05) is 0 Å². The molecular weight excluding hydrogens is 108 g/mol. The quantitative estimate of drug-likeness (QED) is 0.466. The first-order valence-corrected chi connectivity index (χ1v) is 2.98. The molecule has 0 aromatic heterocycles. The summed E-state index contributed by atoms with van der Waals surface area (Å²) in [6, 6.07) is 6.59. The lowest BCUT2D eigenvalue weighted by atomic mass is 10.4. The molecule has 0 fully saturated rings. The Morgan fingerprint density at radius 2 is 1.44 bits per heavy atom. The smallest absolute Gasteiger partial charge is 0.0175 e. The second-order valence-corrected chi connectivity index (χ2v) is 2.09. The molecule has 0 heterocycles. The fraction of sp³-hybridized carbons (Fsp3) is 0.111. The predicted octanol–water partition coefficient (Wildman–Crippen LogP) is 2.78. The lowest BCUT2D eigenvalue weighted by Gasteiger charge is -1.69. The van der Waals surface area contributed by atoms with Gasteiger partial charge in [0.25, 0.3) is 0 Å². The monoisotopic (exact) mass is 118 g/mol. The Balaban J connectivity index is 0.000000186. The van der Waals surface area contributed by atoms with Crippen LogP contribution in [0.5, 0.6) is 0 Å². The Hall–Kier alpha value is -1.04. The van der Waals surface area contributed by atoms with Crippen molar-refractivity contribution in [1.82, 2.24) is 0 Å². The average Bonchev–Trinajstić information content (AvgIpc) is 2.46. The molecule has 0 aromatic carbocycles. The van der Waals surface area contributed by atoms with Gasteiger partial charge in [-0.15, -0.1) is 13.2 Å². The molecular formula is C9H10. The van der Waals surface area contributed by atoms with Gasteiger partial charge in [0.1, 0.15) is 0 Å². The highest BCUT2D eigenvalue weighted by atomic mass is 14.1. The third-order valence-electron chi connectivity index (χ3n) is 1.33. The highest BCUT2D eigenvalue weighted by Crippen LogP contribution is 2.35. The van der Waals surface area contributed by atoms with Gasteiger partial charge in [-0.05, 0) is 29.7 Å². The number of rotatable bonds is 0. The van der Waals surface area contributed by atoms with Gasteiger partial charge in [0.2, 0.25) is 0 Å². The third kappa shape index (κ3) is 1.02. The van der Waals surface area contributed by atoms with Crippen LogP contribution in [0.2, 0.25) is 0 Å². The Morgan fingerprint density at radius 1 is 1.00 bits per heavy atom. The van der Waals surface area contributed by atoms with E-state index in [0.717, 1.165) is 0 Å². The summed E-state index contributed by atoms with van der Waals surface area (Å²) in [6.07, 6.45) is 0. The van der Waals surface area contributed by atoms with Gasteiger partial charge in [-0.25, -0.2) is 0 Å². The van der Waals surface area contributed by atoms with Gasteiger partial charge in [-0.3, -0.25) is 0 Å². The van der Waals surface area contributed by atoms with E-state index < -0.39 is 0 Å². The van der Waals surface area contributed by atoms with Crippen molar-refractivity contribution in [3.8, 4) is 11.1 Å². The summed E-state index contributed by atoms with van der Waals surface area (Å²) in [5, 5.41) is 0. The van der Waals surface area contributed by atoms with E-state index >= 15 is 0 Å². The van der Waals surface area contributed by atoms with E-state index in [1.54, 1.807) is 0 Å². The van der Waals surface area contributed by atoms with Gasteiger partial charge in [0.05, 0.1) is 0 Å². The van der Waals surface area contributed by atoms with E-state index in [4.69, 9.17) is 0 Å². The van der Waals surface area contributed by atoms with Crippen molar-refractivity contribution in [1.29, 1.82) is 0 Å². The zero-order valence-corrected chi connectivity index (χ0v) is 5.65. The highest BCUT2D eigenvalue weighted by Gasteiger charge is 2.10. The zero-order chi connectivity index (χ0) is 6.85. The van der Waals surface area contributed by atoms with Gasteiger partial charge in [-0.1, -0.05) is 12.1 Å². The van der Waals surface area contributed by atoms with Crippen molar-refractivity contribution in [2.75, 3.05) is 0 Å². The van der Waals surface area contributed by atoms with Crippen LogP contribution >= 0.6 is 0 Å². The van der Waals surface area contributed by atoms with Crippen molar-refractivity contribution in [3.05, 3.63) is 36.9 Å². The van der Waals surface area contributed by atoms with Crippen LogP contribution in [0.4, 0.5) is 0 Å². The average molecular weight is 118 g/mol. The zero-order valence-electron chi connectivity index (χ0n) is 5.65. The first-order chi connectivity index (χ1) is 4.36. The summed E-state index contributed by atoms with van der Waals surface area (Å²) in [4.78, 5) is 0. The van der Waals surface area contributed by atoms with Crippen molar-refractivity contribution in [2.45, 2.75) is 6.92 Å². The van der Waals surface area contributed by atoms with Crippen molar-refractivity contribution in [2.24, 2.45) is 0 Å². The van der Waals surface area contributed by atoms with Crippen molar-refractivity contribution in [3.63, 3.8) is 0 Å². The van der Waals surface area contributed by atoms with Crippen LogP contribution in [0, 0.1) is 6.92 Å². The molecule has 0 saturated heterocycles. The van der Waals surface area contributed by atoms with E-state index in [0.29, 0.717) is 0 Å². The molecule has 2 rings (SSSR count). The molecule has 0 N–H and O–H groups in total. The van der Waals surface area contributed by atoms with E-state index in [9.17, 15) is 0 Å². The van der Waals surface area contributed by atoms with Crippen LogP contribution in [0.25, 0.3) is 11.1 Å². The third-order valence-corrected chi connectivity index (χ3v) is 1.33. The minimum absolute atomic E-state index is 1.40. The molecule has 9 heavy (non-hydrogen) atoms. The Morgan fingerprint density at radius 3 is 1.67 bits per heavy atom. The fourth-order valence-corrected chi connectivity index (χ4v) is 0.914. The van der Waals surface area contributed by atoms with E-state index in [1.165, 1.54) is 16.7 Å². The minimum Gasteiger partial charge on any atom is -0.106 e. The van der Waals surface area contributed by atoms with E-state index in [-0.39, 0.29) is 0 Å². The summed E-state index contributed by atoms with van der Waals surface area (Å²) >= 11 is 0. The van der Waals surface area contributed by atoms with Gasteiger partial charge in [-0.2, -0.15) is 0 Å². The molecule has 46 valence electrons. The highest BCUT2D eigenvalue weighted by molar-refractivity contribution is 5.82. The Labute approximate surface area is 55.8 Å². The van der Waals surface area contributed by atoms with Crippen LogP contribution < -0.4 is 0 Å². The molecule has 0 spiro atoms. The molecule has 0 amide bonds. The van der Waals surface area contributed by atoms with Crippen LogP contribution in [0.15, 0.2) is 31.4 Å². The van der Waals surface area contributed by atoms with Crippen molar-refractivity contribution >= 4 is 0 Å². The predicted molar refractivity (Wildman–Crippen MR) is 41.4 cm³/mol. The number of hydrogen-bond donors (Lipinski definition) is 0. The molecule has 0 unspecified atom stereocenters. The number of benzene rings is 1. The van der Waals surface area contributed by atoms with Crippen LogP contribution in [0.3, 0.4) is 0 Å². The maximum absolute atomic E-state index is 3.00. The second-order valence-electron chi connectivity index (χ2n) is 2.09. The normalized spacial score (nSPS) is 9.44. The van der Waals surface area contributed by atoms with Crippen LogP contribution in [0.1, 0.15) is 5.56 Å². The Bertz CT molecular complexity index is 203. The summed E-state index contributed by atoms with van der Waals surface area (Å²) in [5.41, 5.74) is 4.28. The van der Waals surface area contributed by atoms with Crippen LogP contribution in [-0.4, -0.2) is 0 Å². The fourth-order valence-electron chi connectivity index (χ4n) is 0.914. The molecule has 0 nitrogen and oxygen atoms in total. The van der Waals surface area contributed by atoms with Gasteiger partial charge >= 0.3 is 0 Å². The van der Waals surface area contributed by atoms with E-state index in [2.05, 4.69) is 38.3 Å². The largest absolute Gasteiger partial charge is 0.106 e. The number of aryl methyl sites for hydroxylation is 1. The first kappa shape index (κ1) is 6.09. The Kier molecular flexibility index (Phi) is 1.39. The topological polar surface area (TPSA) is 0 Å². The molecule has 0 radical (unpaired) electrons. The summed E-state index contributed by atoms with van der Waals surface area (Å²) < 4.78 is 0. The number of fused-ring (bicyclic) bond motifs is 1. The molecule has 2 aliphatic rings. The molecule has 0 aromatic rings. The first-order valence-electron chi connectivity index (χ1n) is 2.98. The molecule has 0 heteroatoms. The molecule has 0 atom stereocenters. The second kappa shape index (κ2) is 2.06. The maximum Gasteiger partial charge on any atom is -0.0175 e. The number of hydrogen-bond acceptors (Lipinski definition) is 0. The summed E-state index contributed by atoms with van der Waals surface area (Å²) in [5.74, 6) is 0. The molecule has 0 aliphatic heterocycles. The van der Waals surface area contributed by atoms with Gasteiger partial charge in [0.15, 0.2) is 0 Å². The minimum atomic E-state index is 1.40.